The molecule has 2 aromatic heterocycles. The van der Waals surface area contributed by atoms with Crippen molar-refractivity contribution < 1.29 is 0 Å². The van der Waals surface area contributed by atoms with E-state index < -0.39 is 0 Å². The van der Waals surface area contributed by atoms with E-state index in [1.54, 1.807) is 0 Å². The summed E-state index contributed by atoms with van der Waals surface area (Å²) >= 11 is 0. The zero-order valence-corrected chi connectivity index (χ0v) is 13.0. The van der Waals surface area contributed by atoms with Crippen LogP contribution in [0, 0.1) is 6.92 Å². The second-order valence-electron chi connectivity index (χ2n) is 5.79. The summed E-state index contributed by atoms with van der Waals surface area (Å²) in [6.07, 6.45) is 1.98. The molecule has 0 saturated carbocycles. The predicted octanol–water partition coefficient (Wildman–Crippen LogP) is 3.20. The highest BCUT2D eigenvalue weighted by molar-refractivity contribution is 5.30. The molecule has 0 bridgehead atoms. The van der Waals surface area contributed by atoms with Crippen molar-refractivity contribution in [1.82, 2.24) is 20.1 Å². The van der Waals surface area contributed by atoms with Crippen molar-refractivity contribution in [1.29, 1.82) is 0 Å². The SMILES string of the molecule is Cc1nc(-n2ccc(C(C)C)n2)ccc1CNC(C)C. The molecule has 0 unspecified atom stereocenters. The van der Waals surface area contributed by atoms with Crippen LogP contribution < -0.4 is 5.32 Å². The Morgan fingerprint density at radius 2 is 1.90 bits per heavy atom. The van der Waals surface area contributed by atoms with Crippen molar-refractivity contribution in [2.75, 3.05) is 0 Å². The Bertz CT molecular complexity index is 570. The van der Waals surface area contributed by atoms with Gasteiger partial charge in [0.1, 0.15) is 0 Å². The van der Waals surface area contributed by atoms with Gasteiger partial charge in [0.05, 0.1) is 5.69 Å². The minimum Gasteiger partial charge on any atom is -0.310 e. The summed E-state index contributed by atoms with van der Waals surface area (Å²) < 4.78 is 1.85. The van der Waals surface area contributed by atoms with Crippen molar-refractivity contribution >= 4 is 0 Å². The van der Waals surface area contributed by atoms with Crippen LogP contribution in [-0.2, 0) is 6.54 Å². The number of aryl methyl sites for hydroxylation is 1. The van der Waals surface area contributed by atoms with Crippen molar-refractivity contribution in [2.24, 2.45) is 0 Å². The lowest BCUT2D eigenvalue weighted by Gasteiger charge is -2.11. The van der Waals surface area contributed by atoms with E-state index in [-0.39, 0.29) is 0 Å². The number of hydrogen-bond donors (Lipinski definition) is 1. The van der Waals surface area contributed by atoms with Gasteiger partial charge in [0.15, 0.2) is 5.82 Å². The first-order chi connectivity index (χ1) is 9.47. The van der Waals surface area contributed by atoms with Gasteiger partial charge in [-0.05, 0) is 30.5 Å². The first-order valence-electron chi connectivity index (χ1n) is 7.23. The molecular formula is C16H24N4. The Hall–Kier alpha value is -1.68. The molecule has 0 fully saturated rings. The van der Waals surface area contributed by atoms with E-state index >= 15 is 0 Å². The summed E-state index contributed by atoms with van der Waals surface area (Å²) in [6.45, 7) is 11.5. The molecule has 1 N–H and O–H groups in total. The minimum atomic E-state index is 0.437. The van der Waals surface area contributed by atoms with E-state index in [1.807, 2.05) is 23.9 Å². The molecule has 0 amide bonds. The van der Waals surface area contributed by atoms with E-state index in [1.165, 1.54) is 5.56 Å². The molecule has 0 radical (unpaired) electrons. The maximum absolute atomic E-state index is 4.65. The Balaban J connectivity index is 2.19. The lowest BCUT2D eigenvalue weighted by molar-refractivity contribution is 0.586. The third kappa shape index (κ3) is 3.45. The largest absolute Gasteiger partial charge is 0.310 e. The van der Waals surface area contributed by atoms with Crippen molar-refractivity contribution in [2.45, 2.75) is 53.1 Å². The van der Waals surface area contributed by atoms with Gasteiger partial charge in [-0.15, -0.1) is 0 Å². The first kappa shape index (κ1) is 14.7. The number of aromatic nitrogens is 3. The number of nitrogens with one attached hydrogen (secondary N) is 1. The molecule has 0 aliphatic carbocycles. The lowest BCUT2D eigenvalue weighted by Crippen LogP contribution is -2.22. The molecule has 2 rings (SSSR count). The molecular weight excluding hydrogens is 248 g/mol. The third-order valence-corrected chi connectivity index (χ3v) is 3.32. The van der Waals surface area contributed by atoms with E-state index in [4.69, 9.17) is 0 Å². The monoisotopic (exact) mass is 272 g/mol. The summed E-state index contributed by atoms with van der Waals surface area (Å²) in [4.78, 5) is 4.65. The smallest absolute Gasteiger partial charge is 0.153 e. The van der Waals surface area contributed by atoms with Crippen molar-refractivity contribution in [3.05, 3.63) is 41.3 Å². The zero-order valence-electron chi connectivity index (χ0n) is 13.0. The Morgan fingerprint density at radius 1 is 1.15 bits per heavy atom. The summed E-state index contributed by atoms with van der Waals surface area (Å²) in [6, 6.07) is 6.69. The minimum absolute atomic E-state index is 0.437. The van der Waals surface area contributed by atoms with Gasteiger partial charge in [0.2, 0.25) is 0 Å². The van der Waals surface area contributed by atoms with Crippen LogP contribution in [0.3, 0.4) is 0 Å². The quantitative estimate of drug-likeness (QED) is 0.909. The molecule has 0 aliphatic heterocycles. The van der Waals surface area contributed by atoms with Gasteiger partial charge in [0, 0.05) is 24.5 Å². The fraction of sp³-hybridized carbons (Fsp3) is 0.500. The predicted molar refractivity (Wildman–Crippen MR) is 82.2 cm³/mol. The Morgan fingerprint density at radius 3 is 2.45 bits per heavy atom. The topological polar surface area (TPSA) is 42.7 Å². The summed E-state index contributed by atoms with van der Waals surface area (Å²) in [7, 11) is 0. The average Bonchev–Trinajstić information content (AvgIpc) is 2.86. The first-order valence-corrected chi connectivity index (χ1v) is 7.23. The molecule has 0 aliphatic rings. The average molecular weight is 272 g/mol. The molecule has 2 aromatic rings. The van der Waals surface area contributed by atoms with Crippen molar-refractivity contribution in [3.8, 4) is 5.82 Å². The van der Waals surface area contributed by atoms with Gasteiger partial charge in [-0.1, -0.05) is 33.8 Å². The standard InChI is InChI=1S/C16H24N4/c1-11(2)15-8-9-20(19-15)16-7-6-14(13(5)18-16)10-17-12(3)4/h6-9,11-12,17H,10H2,1-5H3. The van der Waals surface area contributed by atoms with E-state index in [0.29, 0.717) is 12.0 Å². The Labute approximate surface area is 121 Å². The third-order valence-electron chi connectivity index (χ3n) is 3.32. The number of nitrogens with zero attached hydrogens (tertiary/aromatic N) is 3. The van der Waals surface area contributed by atoms with Gasteiger partial charge in [0.25, 0.3) is 0 Å². The molecule has 20 heavy (non-hydrogen) atoms. The van der Waals surface area contributed by atoms with E-state index in [0.717, 1.165) is 23.8 Å². The highest BCUT2D eigenvalue weighted by atomic mass is 15.3. The number of rotatable bonds is 5. The normalized spacial score (nSPS) is 11.6. The molecule has 0 spiro atoms. The highest BCUT2D eigenvalue weighted by Crippen LogP contribution is 2.14. The molecule has 4 nitrogen and oxygen atoms in total. The van der Waals surface area contributed by atoms with Gasteiger partial charge in [-0.3, -0.25) is 0 Å². The van der Waals surface area contributed by atoms with Crippen LogP contribution in [0.4, 0.5) is 0 Å². The lowest BCUT2D eigenvalue weighted by atomic mass is 10.1. The molecule has 0 aromatic carbocycles. The second kappa shape index (κ2) is 6.18. The summed E-state index contributed by atoms with van der Waals surface area (Å²) in [5.74, 6) is 1.31. The van der Waals surface area contributed by atoms with Gasteiger partial charge >= 0.3 is 0 Å². The van der Waals surface area contributed by atoms with Gasteiger partial charge in [-0.2, -0.15) is 5.10 Å². The van der Waals surface area contributed by atoms with Crippen LogP contribution in [0.5, 0.6) is 0 Å². The van der Waals surface area contributed by atoms with Crippen molar-refractivity contribution in [3.63, 3.8) is 0 Å². The molecule has 108 valence electrons. The fourth-order valence-electron chi connectivity index (χ4n) is 1.98. The van der Waals surface area contributed by atoms with Crippen LogP contribution in [0.15, 0.2) is 24.4 Å². The summed E-state index contributed by atoms with van der Waals surface area (Å²) in [5, 5.41) is 7.98. The van der Waals surface area contributed by atoms with Gasteiger partial charge in [-0.25, -0.2) is 9.67 Å². The van der Waals surface area contributed by atoms with E-state index in [9.17, 15) is 0 Å². The molecule has 4 heteroatoms. The van der Waals surface area contributed by atoms with Gasteiger partial charge < -0.3 is 5.32 Å². The highest BCUT2D eigenvalue weighted by Gasteiger charge is 2.07. The maximum atomic E-state index is 4.65. The molecule has 0 atom stereocenters. The zero-order chi connectivity index (χ0) is 14.7. The van der Waals surface area contributed by atoms with Crippen LogP contribution in [0.25, 0.3) is 5.82 Å². The number of pyridine rings is 1. The van der Waals surface area contributed by atoms with E-state index in [2.05, 4.69) is 55.2 Å². The second-order valence-corrected chi connectivity index (χ2v) is 5.79. The molecule has 2 heterocycles. The van der Waals surface area contributed by atoms with Crippen LogP contribution in [-0.4, -0.2) is 20.8 Å². The van der Waals surface area contributed by atoms with Crippen LogP contribution >= 0.6 is 0 Å². The maximum Gasteiger partial charge on any atom is 0.153 e. The summed E-state index contributed by atoms with van der Waals surface area (Å²) in [5.41, 5.74) is 3.38. The fourth-order valence-corrected chi connectivity index (χ4v) is 1.98. The Kier molecular flexibility index (Phi) is 4.55. The van der Waals surface area contributed by atoms with Crippen LogP contribution in [0.2, 0.25) is 0 Å². The van der Waals surface area contributed by atoms with Crippen LogP contribution in [0.1, 0.15) is 50.6 Å². The number of hydrogen-bond acceptors (Lipinski definition) is 3. The molecule has 0 saturated heterocycles.